The van der Waals surface area contributed by atoms with E-state index in [0.717, 1.165) is 26.9 Å². The SMILES string of the molecule is Brc1cnc(Nc2ccc3[nH]ncc3c2)nc1NC1CCCCC1. The lowest BCUT2D eigenvalue weighted by Crippen LogP contribution is -2.23. The lowest BCUT2D eigenvalue weighted by atomic mass is 9.95. The third kappa shape index (κ3) is 3.36. The molecule has 7 heteroatoms. The number of rotatable bonds is 4. The fraction of sp³-hybridized carbons (Fsp3) is 0.353. The van der Waals surface area contributed by atoms with Crippen molar-refractivity contribution in [3.05, 3.63) is 35.1 Å². The molecule has 0 bridgehead atoms. The standard InChI is InChI=1S/C17H19BrN6/c18-14-10-19-17(23-16(14)21-12-4-2-1-3-5-12)22-13-6-7-15-11(8-13)9-20-24-15/h6-10,12H,1-5H2,(H,20,24)(H2,19,21,22,23). The monoisotopic (exact) mass is 386 g/mol. The number of halogens is 1. The Hall–Kier alpha value is -2.15. The van der Waals surface area contributed by atoms with Crippen LogP contribution in [0.15, 0.2) is 35.1 Å². The van der Waals surface area contributed by atoms with Crippen LogP contribution in [-0.4, -0.2) is 26.2 Å². The van der Waals surface area contributed by atoms with Crippen molar-refractivity contribution in [3.8, 4) is 0 Å². The van der Waals surface area contributed by atoms with Crippen molar-refractivity contribution in [2.75, 3.05) is 10.6 Å². The Morgan fingerprint density at radius 2 is 2.00 bits per heavy atom. The average Bonchev–Trinajstić information content (AvgIpc) is 3.06. The van der Waals surface area contributed by atoms with E-state index in [1.807, 2.05) is 18.2 Å². The summed E-state index contributed by atoms with van der Waals surface area (Å²) >= 11 is 3.54. The quantitative estimate of drug-likeness (QED) is 0.610. The maximum Gasteiger partial charge on any atom is 0.229 e. The highest BCUT2D eigenvalue weighted by molar-refractivity contribution is 9.10. The molecule has 0 amide bonds. The van der Waals surface area contributed by atoms with Crippen LogP contribution in [0.4, 0.5) is 17.5 Å². The zero-order valence-corrected chi connectivity index (χ0v) is 14.8. The van der Waals surface area contributed by atoms with Gasteiger partial charge in [-0.2, -0.15) is 10.1 Å². The van der Waals surface area contributed by atoms with E-state index in [-0.39, 0.29) is 0 Å². The zero-order chi connectivity index (χ0) is 16.4. The van der Waals surface area contributed by atoms with Crippen molar-refractivity contribution >= 4 is 44.3 Å². The molecular weight excluding hydrogens is 368 g/mol. The molecule has 6 nitrogen and oxygen atoms in total. The largest absolute Gasteiger partial charge is 0.366 e. The van der Waals surface area contributed by atoms with Gasteiger partial charge in [-0.15, -0.1) is 0 Å². The molecular formula is C17H19BrN6. The number of hydrogen-bond donors (Lipinski definition) is 3. The van der Waals surface area contributed by atoms with Gasteiger partial charge < -0.3 is 10.6 Å². The molecule has 1 aromatic carbocycles. The minimum Gasteiger partial charge on any atom is -0.366 e. The van der Waals surface area contributed by atoms with Crippen LogP contribution in [0, 0.1) is 0 Å². The third-order valence-electron chi connectivity index (χ3n) is 4.39. The molecule has 0 atom stereocenters. The molecule has 0 saturated heterocycles. The first kappa shape index (κ1) is 15.4. The predicted octanol–water partition coefficient (Wildman–Crippen LogP) is 4.60. The second kappa shape index (κ2) is 6.76. The number of nitrogens with one attached hydrogen (secondary N) is 3. The van der Waals surface area contributed by atoms with Gasteiger partial charge in [0.25, 0.3) is 0 Å². The van der Waals surface area contributed by atoms with Crippen molar-refractivity contribution in [1.82, 2.24) is 20.2 Å². The van der Waals surface area contributed by atoms with Crippen LogP contribution < -0.4 is 10.6 Å². The van der Waals surface area contributed by atoms with Crippen LogP contribution in [-0.2, 0) is 0 Å². The molecule has 1 aliphatic carbocycles. The van der Waals surface area contributed by atoms with Crippen molar-refractivity contribution in [2.24, 2.45) is 0 Å². The van der Waals surface area contributed by atoms with E-state index in [4.69, 9.17) is 0 Å². The summed E-state index contributed by atoms with van der Waals surface area (Å²) in [6.07, 6.45) is 9.92. The lowest BCUT2D eigenvalue weighted by Gasteiger charge is -2.23. The van der Waals surface area contributed by atoms with Crippen molar-refractivity contribution in [1.29, 1.82) is 0 Å². The topological polar surface area (TPSA) is 78.5 Å². The maximum absolute atomic E-state index is 4.63. The summed E-state index contributed by atoms with van der Waals surface area (Å²) in [5.74, 6) is 1.43. The highest BCUT2D eigenvalue weighted by Gasteiger charge is 2.15. The third-order valence-corrected chi connectivity index (χ3v) is 4.97. The Bertz CT molecular complexity index is 840. The van der Waals surface area contributed by atoms with Gasteiger partial charge in [-0.1, -0.05) is 19.3 Å². The summed E-state index contributed by atoms with van der Waals surface area (Å²) in [7, 11) is 0. The van der Waals surface area contributed by atoms with E-state index < -0.39 is 0 Å². The van der Waals surface area contributed by atoms with Gasteiger partial charge in [0.05, 0.1) is 16.2 Å². The number of anilines is 3. The molecule has 124 valence electrons. The van der Waals surface area contributed by atoms with Gasteiger partial charge in [0, 0.05) is 23.3 Å². The van der Waals surface area contributed by atoms with E-state index in [9.17, 15) is 0 Å². The highest BCUT2D eigenvalue weighted by atomic mass is 79.9. The summed E-state index contributed by atoms with van der Waals surface area (Å²) in [6, 6.07) is 6.50. The van der Waals surface area contributed by atoms with Crippen molar-refractivity contribution in [2.45, 2.75) is 38.1 Å². The van der Waals surface area contributed by atoms with E-state index in [1.165, 1.54) is 32.1 Å². The smallest absolute Gasteiger partial charge is 0.229 e. The molecule has 2 heterocycles. The minimum atomic E-state index is 0.500. The summed E-state index contributed by atoms with van der Waals surface area (Å²) in [5, 5.41) is 14.9. The maximum atomic E-state index is 4.63. The number of aromatic amines is 1. The van der Waals surface area contributed by atoms with Gasteiger partial charge in [0.1, 0.15) is 5.82 Å². The van der Waals surface area contributed by atoms with E-state index in [2.05, 4.69) is 46.7 Å². The fourth-order valence-corrected chi connectivity index (χ4v) is 3.42. The summed E-state index contributed by atoms with van der Waals surface area (Å²) in [5.41, 5.74) is 1.95. The van der Waals surface area contributed by atoms with E-state index >= 15 is 0 Å². The second-order valence-electron chi connectivity index (χ2n) is 6.17. The van der Waals surface area contributed by atoms with Gasteiger partial charge >= 0.3 is 0 Å². The average molecular weight is 387 g/mol. The number of aromatic nitrogens is 4. The molecule has 0 unspecified atom stereocenters. The first-order valence-corrected chi connectivity index (χ1v) is 9.06. The molecule has 3 N–H and O–H groups in total. The van der Waals surface area contributed by atoms with Crippen LogP contribution in [0.3, 0.4) is 0 Å². The first-order valence-electron chi connectivity index (χ1n) is 8.27. The molecule has 0 spiro atoms. The van der Waals surface area contributed by atoms with Crippen molar-refractivity contribution in [3.63, 3.8) is 0 Å². The van der Waals surface area contributed by atoms with Crippen LogP contribution >= 0.6 is 15.9 Å². The van der Waals surface area contributed by atoms with Crippen LogP contribution in [0.1, 0.15) is 32.1 Å². The summed E-state index contributed by atoms with van der Waals surface area (Å²) in [4.78, 5) is 8.99. The molecule has 3 aromatic rings. The highest BCUT2D eigenvalue weighted by Crippen LogP contribution is 2.27. The molecule has 1 fully saturated rings. The Morgan fingerprint density at radius 3 is 2.88 bits per heavy atom. The minimum absolute atomic E-state index is 0.500. The predicted molar refractivity (Wildman–Crippen MR) is 99.6 cm³/mol. The number of nitrogens with zero attached hydrogens (tertiary/aromatic N) is 3. The Balaban J connectivity index is 1.53. The van der Waals surface area contributed by atoms with Gasteiger partial charge in [0.15, 0.2) is 0 Å². The van der Waals surface area contributed by atoms with Crippen LogP contribution in [0.2, 0.25) is 0 Å². The van der Waals surface area contributed by atoms with Gasteiger partial charge in [-0.05, 0) is 47.0 Å². The van der Waals surface area contributed by atoms with Gasteiger partial charge in [-0.3, -0.25) is 5.10 Å². The Labute approximate surface area is 148 Å². The second-order valence-corrected chi connectivity index (χ2v) is 7.02. The molecule has 1 saturated carbocycles. The Kier molecular flexibility index (Phi) is 4.34. The van der Waals surface area contributed by atoms with Crippen LogP contribution in [0.25, 0.3) is 10.9 Å². The zero-order valence-electron chi connectivity index (χ0n) is 13.2. The lowest BCUT2D eigenvalue weighted by molar-refractivity contribution is 0.461. The molecule has 4 rings (SSSR count). The number of H-pyrrole nitrogens is 1. The van der Waals surface area contributed by atoms with E-state index in [0.29, 0.717) is 12.0 Å². The summed E-state index contributed by atoms with van der Waals surface area (Å²) < 4.78 is 0.893. The van der Waals surface area contributed by atoms with Crippen LogP contribution in [0.5, 0.6) is 0 Å². The Morgan fingerprint density at radius 1 is 1.12 bits per heavy atom. The first-order chi connectivity index (χ1) is 11.8. The number of hydrogen-bond acceptors (Lipinski definition) is 5. The normalized spacial score (nSPS) is 15.5. The van der Waals surface area contributed by atoms with Gasteiger partial charge in [-0.25, -0.2) is 4.98 Å². The fourth-order valence-electron chi connectivity index (χ4n) is 3.12. The van der Waals surface area contributed by atoms with Gasteiger partial charge in [0.2, 0.25) is 5.95 Å². The summed E-state index contributed by atoms with van der Waals surface area (Å²) in [6.45, 7) is 0. The molecule has 2 aromatic heterocycles. The molecule has 1 aliphatic rings. The van der Waals surface area contributed by atoms with Crippen molar-refractivity contribution < 1.29 is 0 Å². The molecule has 0 aliphatic heterocycles. The van der Waals surface area contributed by atoms with E-state index in [1.54, 1.807) is 12.4 Å². The molecule has 24 heavy (non-hydrogen) atoms. The number of fused-ring (bicyclic) bond motifs is 1. The molecule has 0 radical (unpaired) electrons. The number of benzene rings is 1.